The van der Waals surface area contributed by atoms with Crippen LogP contribution in [-0.2, 0) is 11.3 Å². The molecular weight excluding hydrogens is 384 g/mol. The van der Waals surface area contributed by atoms with Gasteiger partial charge in [-0.15, -0.1) is 0 Å². The van der Waals surface area contributed by atoms with Crippen molar-refractivity contribution in [2.24, 2.45) is 0 Å². The third-order valence-electron chi connectivity index (χ3n) is 4.70. The van der Waals surface area contributed by atoms with E-state index < -0.39 is 6.04 Å². The van der Waals surface area contributed by atoms with Crippen LogP contribution < -0.4 is 5.32 Å². The zero-order valence-electron chi connectivity index (χ0n) is 16.9. The van der Waals surface area contributed by atoms with Gasteiger partial charge in [0.25, 0.3) is 5.91 Å². The van der Waals surface area contributed by atoms with Gasteiger partial charge in [-0.05, 0) is 49.6 Å². The summed E-state index contributed by atoms with van der Waals surface area (Å²) in [6, 6.07) is 14.5. The number of rotatable bonds is 8. The Morgan fingerprint density at radius 1 is 1.21 bits per heavy atom. The molecule has 1 unspecified atom stereocenters. The molecule has 0 radical (unpaired) electrons. The van der Waals surface area contributed by atoms with Crippen LogP contribution >= 0.6 is 11.8 Å². The molecule has 0 aliphatic rings. The monoisotopic (exact) mass is 410 g/mol. The lowest BCUT2D eigenvalue weighted by Gasteiger charge is -2.24. The number of amides is 2. The number of hydrogen-bond donors (Lipinski definition) is 2. The molecule has 1 aromatic heterocycles. The Morgan fingerprint density at radius 3 is 2.72 bits per heavy atom. The van der Waals surface area contributed by atoms with Crippen LogP contribution in [0.5, 0.6) is 0 Å². The molecule has 1 atom stereocenters. The minimum absolute atomic E-state index is 0.125. The summed E-state index contributed by atoms with van der Waals surface area (Å²) in [5, 5.41) is 2.91. The number of thioether (sulfide) groups is 1. The smallest absolute Gasteiger partial charge is 0.251 e. The molecule has 2 N–H and O–H groups in total. The number of H-pyrrole nitrogens is 1. The van der Waals surface area contributed by atoms with E-state index in [1.54, 1.807) is 29.8 Å². The number of aryl methyl sites for hydroxylation is 1. The summed E-state index contributed by atoms with van der Waals surface area (Å²) < 4.78 is 0. The van der Waals surface area contributed by atoms with Crippen molar-refractivity contribution in [1.29, 1.82) is 0 Å². The van der Waals surface area contributed by atoms with Gasteiger partial charge in [0.1, 0.15) is 11.9 Å². The summed E-state index contributed by atoms with van der Waals surface area (Å²) in [4.78, 5) is 35.1. The van der Waals surface area contributed by atoms with Crippen molar-refractivity contribution < 1.29 is 9.59 Å². The number of nitrogens with one attached hydrogen (secondary N) is 2. The summed E-state index contributed by atoms with van der Waals surface area (Å²) in [5.74, 6) is 1.14. The van der Waals surface area contributed by atoms with Gasteiger partial charge in [-0.2, -0.15) is 11.8 Å². The van der Waals surface area contributed by atoms with Gasteiger partial charge in [0.15, 0.2) is 0 Å². The molecule has 0 bridgehead atoms. The third-order valence-corrected chi connectivity index (χ3v) is 5.34. The van der Waals surface area contributed by atoms with Gasteiger partial charge in [0, 0.05) is 12.6 Å². The maximum atomic E-state index is 13.1. The van der Waals surface area contributed by atoms with Crippen molar-refractivity contribution in [3.63, 3.8) is 0 Å². The quantitative estimate of drug-likeness (QED) is 0.597. The highest BCUT2D eigenvalue weighted by molar-refractivity contribution is 7.98. The first-order valence-corrected chi connectivity index (χ1v) is 10.9. The SMILES string of the molecule is CSCCC(NC(=O)c1cccc(C)c1)C(=O)N(C)Cc1nc2ccccc2[nH]1. The summed E-state index contributed by atoms with van der Waals surface area (Å²) in [7, 11) is 1.74. The summed E-state index contributed by atoms with van der Waals surface area (Å²) >= 11 is 1.65. The number of hydrogen-bond acceptors (Lipinski definition) is 4. The maximum Gasteiger partial charge on any atom is 0.251 e. The number of fused-ring (bicyclic) bond motifs is 1. The Bertz CT molecular complexity index is 968. The number of aromatic amines is 1. The number of likely N-dealkylation sites (N-methyl/N-ethyl adjacent to an activating group) is 1. The number of carbonyl (C=O) groups excluding carboxylic acids is 2. The number of aromatic nitrogens is 2. The molecular formula is C22H26N4O2S. The van der Waals surface area contributed by atoms with Gasteiger partial charge in [0.2, 0.25) is 5.91 Å². The number of para-hydroxylation sites is 2. The van der Waals surface area contributed by atoms with E-state index >= 15 is 0 Å². The minimum Gasteiger partial charge on any atom is -0.340 e. The Labute approximate surface area is 175 Å². The molecule has 7 heteroatoms. The van der Waals surface area contributed by atoms with E-state index in [1.807, 2.05) is 55.6 Å². The van der Waals surface area contributed by atoms with Gasteiger partial charge >= 0.3 is 0 Å². The Balaban J connectivity index is 1.70. The van der Waals surface area contributed by atoms with E-state index in [9.17, 15) is 9.59 Å². The fourth-order valence-corrected chi connectivity index (χ4v) is 3.64. The molecule has 0 aliphatic heterocycles. The molecule has 0 saturated carbocycles. The van der Waals surface area contributed by atoms with Crippen molar-refractivity contribution in [2.75, 3.05) is 19.1 Å². The predicted molar refractivity (Wildman–Crippen MR) is 118 cm³/mol. The predicted octanol–water partition coefficient (Wildman–Crippen LogP) is 3.38. The molecule has 3 aromatic rings. The van der Waals surface area contributed by atoms with E-state index in [1.165, 1.54) is 0 Å². The largest absolute Gasteiger partial charge is 0.340 e. The molecule has 2 amide bonds. The Kier molecular flexibility index (Phi) is 6.93. The lowest BCUT2D eigenvalue weighted by Crippen LogP contribution is -2.47. The molecule has 29 heavy (non-hydrogen) atoms. The fraction of sp³-hybridized carbons (Fsp3) is 0.318. The first-order valence-electron chi connectivity index (χ1n) is 9.53. The molecule has 6 nitrogen and oxygen atoms in total. The zero-order valence-corrected chi connectivity index (χ0v) is 17.8. The molecule has 152 valence electrons. The van der Waals surface area contributed by atoms with E-state index in [2.05, 4.69) is 15.3 Å². The highest BCUT2D eigenvalue weighted by Gasteiger charge is 2.25. The average molecular weight is 411 g/mol. The Morgan fingerprint density at radius 2 is 2.00 bits per heavy atom. The number of imidazole rings is 1. The minimum atomic E-state index is -0.579. The second-order valence-electron chi connectivity index (χ2n) is 7.07. The van der Waals surface area contributed by atoms with Crippen molar-refractivity contribution in [3.05, 3.63) is 65.5 Å². The average Bonchev–Trinajstić information content (AvgIpc) is 3.12. The van der Waals surface area contributed by atoms with Crippen molar-refractivity contribution in [2.45, 2.75) is 25.9 Å². The van der Waals surface area contributed by atoms with Crippen LogP contribution in [-0.4, -0.2) is 51.8 Å². The topological polar surface area (TPSA) is 78.1 Å². The Hall–Kier alpha value is -2.80. The van der Waals surface area contributed by atoms with Gasteiger partial charge < -0.3 is 15.2 Å². The second kappa shape index (κ2) is 9.60. The van der Waals surface area contributed by atoms with Crippen LogP contribution in [0.2, 0.25) is 0 Å². The van der Waals surface area contributed by atoms with Crippen LogP contribution in [0, 0.1) is 6.92 Å². The van der Waals surface area contributed by atoms with Gasteiger partial charge in [-0.1, -0.05) is 29.8 Å². The van der Waals surface area contributed by atoms with E-state index in [4.69, 9.17) is 0 Å². The zero-order chi connectivity index (χ0) is 20.8. The lowest BCUT2D eigenvalue weighted by molar-refractivity contribution is -0.132. The van der Waals surface area contributed by atoms with Crippen molar-refractivity contribution in [1.82, 2.24) is 20.2 Å². The first-order chi connectivity index (χ1) is 14.0. The molecule has 0 saturated heterocycles. The van der Waals surface area contributed by atoms with Gasteiger partial charge in [-0.25, -0.2) is 4.98 Å². The molecule has 3 rings (SSSR count). The van der Waals surface area contributed by atoms with Crippen LogP contribution in [0.25, 0.3) is 11.0 Å². The number of nitrogens with zero attached hydrogens (tertiary/aromatic N) is 2. The summed E-state index contributed by atoms with van der Waals surface area (Å²) in [6.07, 6.45) is 2.56. The van der Waals surface area contributed by atoms with Crippen LogP contribution in [0.1, 0.15) is 28.2 Å². The number of benzene rings is 2. The van der Waals surface area contributed by atoms with E-state index in [0.29, 0.717) is 18.5 Å². The number of carbonyl (C=O) groups is 2. The molecule has 2 aromatic carbocycles. The molecule has 0 aliphatic carbocycles. The third kappa shape index (κ3) is 5.38. The van der Waals surface area contributed by atoms with Crippen LogP contribution in [0.3, 0.4) is 0 Å². The highest BCUT2D eigenvalue weighted by Crippen LogP contribution is 2.13. The lowest BCUT2D eigenvalue weighted by atomic mass is 10.1. The second-order valence-corrected chi connectivity index (χ2v) is 8.06. The standard InChI is InChI=1S/C22H26N4O2S/c1-15-7-6-8-16(13-15)21(27)25-19(11-12-29-3)22(28)26(2)14-20-23-17-9-4-5-10-18(17)24-20/h4-10,13,19H,11-12,14H2,1-3H3,(H,23,24)(H,25,27). The summed E-state index contributed by atoms with van der Waals surface area (Å²) in [6.45, 7) is 2.29. The molecule has 1 heterocycles. The van der Waals surface area contributed by atoms with Crippen molar-refractivity contribution >= 4 is 34.6 Å². The van der Waals surface area contributed by atoms with Gasteiger partial charge in [-0.3, -0.25) is 9.59 Å². The van der Waals surface area contributed by atoms with Crippen molar-refractivity contribution in [3.8, 4) is 0 Å². The molecule has 0 fully saturated rings. The van der Waals surface area contributed by atoms with E-state index in [0.717, 1.165) is 28.2 Å². The molecule has 0 spiro atoms. The normalized spacial score (nSPS) is 12.0. The summed E-state index contributed by atoms with van der Waals surface area (Å²) in [5.41, 5.74) is 3.38. The van der Waals surface area contributed by atoms with Gasteiger partial charge in [0.05, 0.1) is 17.6 Å². The van der Waals surface area contributed by atoms with Crippen LogP contribution in [0.4, 0.5) is 0 Å². The highest BCUT2D eigenvalue weighted by atomic mass is 32.2. The van der Waals surface area contributed by atoms with Crippen LogP contribution in [0.15, 0.2) is 48.5 Å². The van der Waals surface area contributed by atoms with E-state index in [-0.39, 0.29) is 11.8 Å². The first kappa shape index (κ1) is 20.9. The maximum absolute atomic E-state index is 13.1. The fourth-order valence-electron chi connectivity index (χ4n) is 3.17.